The molecule has 0 aromatic heterocycles. The van der Waals surface area contributed by atoms with Crippen LogP contribution in [0.5, 0.6) is 0 Å². The van der Waals surface area contributed by atoms with Crippen molar-refractivity contribution in [2.45, 2.75) is 32.4 Å². The number of benzene rings is 3. The highest BCUT2D eigenvalue weighted by Gasteiger charge is 2.41. The molecule has 0 saturated heterocycles. The van der Waals surface area contributed by atoms with Gasteiger partial charge in [0.1, 0.15) is 5.76 Å². The van der Waals surface area contributed by atoms with E-state index in [9.17, 15) is 9.59 Å². The van der Waals surface area contributed by atoms with Gasteiger partial charge in [-0.1, -0.05) is 91.0 Å². The fraction of sp³-hybridized carbons (Fsp3) is 0.185. The average Bonchev–Trinajstić information content (AvgIpc) is 2.79. The van der Waals surface area contributed by atoms with Crippen LogP contribution in [0.25, 0.3) is 5.57 Å². The number of ether oxygens (including phenoxy) is 1. The van der Waals surface area contributed by atoms with Crippen molar-refractivity contribution in [2.75, 3.05) is 0 Å². The van der Waals surface area contributed by atoms with Gasteiger partial charge in [0.15, 0.2) is 0 Å². The summed E-state index contributed by atoms with van der Waals surface area (Å²) in [4.78, 5) is 27.0. The smallest absolute Gasteiger partial charge is 0.307 e. The van der Waals surface area contributed by atoms with Crippen LogP contribution in [0, 0.1) is 0 Å². The topological polar surface area (TPSA) is 46.6 Å². The summed E-state index contributed by atoms with van der Waals surface area (Å²) in [5, 5.41) is 0. The van der Waals surface area contributed by atoms with Gasteiger partial charge in [-0.3, -0.25) is 9.59 Å². The van der Waals surface area contributed by atoms with Crippen LogP contribution in [-0.4, -0.2) is 16.8 Å². The van der Waals surface area contributed by atoms with E-state index in [4.69, 9.17) is 4.74 Å². The average molecular weight is 412 g/mol. The molecule has 0 radical (unpaired) electrons. The van der Waals surface area contributed by atoms with Crippen LogP contribution in [-0.2, 0) is 14.3 Å². The second-order valence-electron chi connectivity index (χ2n) is 7.67. The van der Waals surface area contributed by atoms with Crippen molar-refractivity contribution in [2.24, 2.45) is 0 Å². The molecule has 2 atom stereocenters. The maximum atomic E-state index is 13.1. The third-order valence-corrected chi connectivity index (χ3v) is 5.58. The van der Waals surface area contributed by atoms with Gasteiger partial charge in [0, 0.05) is 25.8 Å². The molecule has 4 rings (SSSR count). The van der Waals surface area contributed by atoms with Crippen LogP contribution in [0.1, 0.15) is 49.0 Å². The number of esters is 1. The largest absolute Gasteiger partial charge is 0.431 e. The molecule has 156 valence electrons. The third-order valence-electron chi connectivity index (χ3n) is 5.58. The molecule has 1 aliphatic rings. The summed E-state index contributed by atoms with van der Waals surface area (Å²) in [6.07, 6.45) is 0.427. The Bertz CT molecular complexity index is 1090. The first kappa shape index (κ1) is 20.6. The molecule has 4 nitrogen and oxygen atoms in total. The summed E-state index contributed by atoms with van der Waals surface area (Å²) in [5.74, 6) is 0.218. The van der Waals surface area contributed by atoms with Crippen molar-refractivity contribution in [3.05, 3.63) is 113 Å². The van der Waals surface area contributed by atoms with Gasteiger partial charge in [-0.15, -0.1) is 0 Å². The van der Waals surface area contributed by atoms with Crippen LogP contribution in [0.3, 0.4) is 0 Å². The molecule has 0 aliphatic carbocycles. The Morgan fingerprint density at radius 2 is 1.29 bits per heavy atom. The van der Waals surface area contributed by atoms with Crippen molar-refractivity contribution in [1.82, 2.24) is 4.90 Å². The molecule has 3 aromatic carbocycles. The molecule has 4 heteroatoms. The van der Waals surface area contributed by atoms with E-state index in [1.807, 2.05) is 95.9 Å². The number of hydrogen-bond donors (Lipinski definition) is 0. The molecule has 0 spiro atoms. The fourth-order valence-electron chi connectivity index (χ4n) is 4.38. The lowest BCUT2D eigenvalue weighted by Crippen LogP contribution is -2.41. The van der Waals surface area contributed by atoms with E-state index in [2.05, 4.69) is 0 Å². The molecule has 0 bridgehead atoms. The molecule has 1 amide bonds. The van der Waals surface area contributed by atoms with Gasteiger partial charge in [0.2, 0.25) is 5.91 Å². The van der Waals surface area contributed by atoms with Gasteiger partial charge in [0.05, 0.1) is 12.1 Å². The first-order chi connectivity index (χ1) is 15.1. The van der Waals surface area contributed by atoms with Crippen LogP contribution < -0.4 is 0 Å². The summed E-state index contributed by atoms with van der Waals surface area (Å²) < 4.78 is 5.79. The van der Waals surface area contributed by atoms with E-state index in [0.717, 1.165) is 22.3 Å². The number of nitrogens with zero attached hydrogens (tertiary/aromatic N) is 1. The Kier molecular flexibility index (Phi) is 5.99. The minimum atomic E-state index is -0.380. The number of hydrogen-bond acceptors (Lipinski definition) is 3. The highest BCUT2D eigenvalue weighted by molar-refractivity contribution is 5.83. The summed E-state index contributed by atoms with van der Waals surface area (Å²) >= 11 is 0. The zero-order valence-electron chi connectivity index (χ0n) is 17.7. The van der Waals surface area contributed by atoms with E-state index < -0.39 is 0 Å². The predicted octanol–water partition coefficient (Wildman–Crippen LogP) is 5.70. The second-order valence-corrected chi connectivity index (χ2v) is 7.67. The quantitative estimate of drug-likeness (QED) is 0.518. The van der Waals surface area contributed by atoms with Crippen molar-refractivity contribution in [1.29, 1.82) is 0 Å². The summed E-state index contributed by atoms with van der Waals surface area (Å²) in [5.41, 5.74) is 3.77. The van der Waals surface area contributed by atoms with Crippen molar-refractivity contribution in [3.63, 3.8) is 0 Å². The van der Waals surface area contributed by atoms with Crippen molar-refractivity contribution < 1.29 is 14.3 Å². The third kappa shape index (κ3) is 4.29. The standard InChI is InChI=1S/C27H25NO3/c1-19(29)28-24(21-12-6-3-7-13-21)18-25(31-20(2)30)26(22-14-8-4-9-15-22)27(28)23-16-10-5-11-17-23/h3-17,24,27H,18H2,1-2H3. The molecule has 1 aliphatic heterocycles. The lowest BCUT2D eigenvalue weighted by Gasteiger charge is -2.44. The lowest BCUT2D eigenvalue weighted by molar-refractivity contribution is -0.138. The SMILES string of the molecule is CC(=O)OC1=C(c2ccccc2)C(c2ccccc2)N(C(C)=O)C(c2ccccc2)C1. The van der Waals surface area contributed by atoms with Gasteiger partial charge in [-0.2, -0.15) is 0 Å². The fourth-order valence-corrected chi connectivity index (χ4v) is 4.38. The molecule has 3 aromatic rings. The van der Waals surface area contributed by atoms with E-state index in [0.29, 0.717) is 12.2 Å². The van der Waals surface area contributed by atoms with Crippen LogP contribution in [0.4, 0.5) is 0 Å². The molecule has 2 unspecified atom stereocenters. The molecular formula is C27H25NO3. The Hall–Kier alpha value is -3.66. The molecule has 0 fully saturated rings. The van der Waals surface area contributed by atoms with Gasteiger partial charge in [-0.05, 0) is 16.7 Å². The maximum Gasteiger partial charge on any atom is 0.307 e. The minimum absolute atomic E-state index is 0.0296. The molecule has 31 heavy (non-hydrogen) atoms. The Labute approximate surface area is 182 Å². The molecule has 0 N–H and O–H groups in total. The number of rotatable bonds is 4. The number of amides is 1. The maximum absolute atomic E-state index is 13.1. The predicted molar refractivity (Wildman–Crippen MR) is 121 cm³/mol. The molecular weight excluding hydrogens is 386 g/mol. The van der Waals surface area contributed by atoms with Crippen LogP contribution >= 0.6 is 0 Å². The Morgan fingerprint density at radius 3 is 1.81 bits per heavy atom. The summed E-state index contributed by atoms with van der Waals surface area (Å²) in [7, 11) is 0. The molecule has 0 saturated carbocycles. The van der Waals surface area contributed by atoms with Gasteiger partial charge >= 0.3 is 5.97 Å². The zero-order valence-corrected chi connectivity index (χ0v) is 17.7. The minimum Gasteiger partial charge on any atom is -0.431 e. The highest BCUT2D eigenvalue weighted by atomic mass is 16.5. The van der Waals surface area contributed by atoms with E-state index >= 15 is 0 Å². The number of carbonyl (C=O) groups excluding carboxylic acids is 2. The van der Waals surface area contributed by atoms with E-state index in [-0.39, 0.29) is 24.0 Å². The van der Waals surface area contributed by atoms with Gasteiger partial charge in [0.25, 0.3) is 0 Å². The van der Waals surface area contributed by atoms with Crippen LogP contribution in [0.15, 0.2) is 96.8 Å². The van der Waals surface area contributed by atoms with Crippen molar-refractivity contribution in [3.8, 4) is 0 Å². The monoisotopic (exact) mass is 411 g/mol. The Balaban J connectivity index is 1.99. The first-order valence-corrected chi connectivity index (χ1v) is 10.4. The molecule has 1 heterocycles. The first-order valence-electron chi connectivity index (χ1n) is 10.4. The van der Waals surface area contributed by atoms with Gasteiger partial charge in [-0.25, -0.2) is 0 Å². The van der Waals surface area contributed by atoms with E-state index in [1.165, 1.54) is 6.92 Å². The van der Waals surface area contributed by atoms with E-state index in [1.54, 1.807) is 6.92 Å². The lowest BCUT2D eigenvalue weighted by atomic mass is 9.82. The van der Waals surface area contributed by atoms with Crippen molar-refractivity contribution >= 4 is 17.4 Å². The normalized spacial score (nSPS) is 18.6. The van der Waals surface area contributed by atoms with Crippen LogP contribution in [0.2, 0.25) is 0 Å². The number of carbonyl (C=O) groups is 2. The summed E-state index contributed by atoms with van der Waals surface area (Å²) in [6, 6.07) is 29.1. The highest BCUT2D eigenvalue weighted by Crippen LogP contribution is 2.49. The second kappa shape index (κ2) is 9.00. The van der Waals surface area contributed by atoms with Gasteiger partial charge < -0.3 is 9.64 Å². The summed E-state index contributed by atoms with van der Waals surface area (Å²) in [6.45, 7) is 3.02. The zero-order chi connectivity index (χ0) is 21.8. The Morgan fingerprint density at radius 1 is 0.774 bits per heavy atom.